The summed E-state index contributed by atoms with van der Waals surface area (Å²) in [5.41, 5.74) is 1.30. The van der Waals surface area contributed by atoms with Crippen molar-refractivity contribution in [3.05, 3.63) is 59.1 Å². The van der Waals surface area contributed by atoms with Crippen LogP contribution in [0.15, 0.2) is 58.5 Å². The van der Waals surface area contributed by atoms with Crippen LogP contribution in [0.4, 0.5) is 0 Å². The Balaban J connectivity index is 2.24. The van der Waals surface area contributed by atoms with Gasteiger partial charge in [0, 0.05) is 5.02 Å². The minimum atomic E-state index is -3.74. The SMILES string of the molecule is CC/C(=N\NS(=O)(=O)c1ccc(Cl)cc1)c1ccc(O)cc1. The number of hydrazone groups is 1. The number of phenols is 1. The second-order valence-electron chi connectivity index (χ2n) is 4.51. The van der Waals surface area contributed by atoms with E-state index in [0.717, 1.165) is 5.56 Å². The molecule has 0 aromatic heterocycles. The summed E-state index contributed by atoms with van der Waals surface area (Å²) < 4.78 is 24.3. The van der Waals surface area contributed by atoms with Gasteiger partial charge in [0.15, 0.2) is 0 Å². The van der Waals surface area contributed by atoms with Crippen molar-refractivity contribution in [1.82, 2.24) is 4.83 Å². The minimum absolute atomic E-state index is 0.0850. The molecule has 0 fully saturated rings. The number of benzene rings is 2. The summed E-state index contributed by atoms with van der Waals surface area (Å²) in [6.45, 7) is 1.86. The van der Waals surface area contributed by atoms with Crippen LogP contribution in [-0.4, -0.2) is 19.2 Å². The Hall–Kier alpha value is -2.05. The quantitative estimate of drug-likeness (QED) is 0.649. The molecule has 0 spiro atoms. The molecule has 0 unspecified atom stereocenters. The zero-order chi connectivity index (χ0) is 16.2. The average molecular weight is 339 g/mol. The minimum Gasteiger partial charge on any atom is -0.508 e. The fourth-order valence-electron chi connectivity index (χ4n) is 1.78. The molecule has 7 heteroatoms. The van der Waals surface area contributed by atoms with Gasteiger partial charge in [0.05, 0.1) is 10.6 Å². The molecule has 0 aliphatic heterocycles. The van der Waals surface area contributed by atoms with Crippen molar-refractivity contribution >= 4 is 27.3 Å². The van der Waals surface area contributed by atoms with E-state index in [1.165, 1.54) is 36.4 Å². The molecule has 0 atom stereocenters. The lowest BCUT2D eigenvalue weighted by Crippen LogP contribution is -2.20. The van der Waals surface area contributed by atoms with E-state index in [9.17, 15) is 13.5 Å². The van der Waals surface area contributed by atoms with Gasteiger partial charge in [-0.15, -0.1) is 0 Å². The first kappa shape index (κ1) is 16.3. The zero-order valence-corrected chi connectivity index (χ0v) is 13.4. The number of sulfonamides is 1. The predicted molar refractivity (Wildman–Crippen MR) is 86.7 cm³/mol. The Morgan fingerprint density at radius 2 is 1.73 bits per heavy atom. The van der Waals surface area contributed by atoms with Crippen LogP contribution in [0.25, 0.3) is 0 Å². The third kappa shape index (κ3) is 3.99. The van der Waals surface area contributed by atoms with Gasteiger partial charge in [-0.3, -0.25) is 0 Å². The molecule has 2 aromatic carbocycles. The highest BCUT2D eigenvalue weighted by Crippen LogP contribution is 2.15. The van der Waals surface area contributed by atoms with Gasteiger partial charge in [-0.1, -0.05) is 18.5 Å². The first-order chi connectivity index (χ1) is 10.4. The van der Waals surface area contributed by atoms with E-state index < -0.39 is 10.0 Å². The number of phenolic OH excluding ortho intramolecular Hbond substituents is 1. The van der Waals surface area contributed by atoms with Crippen LogP contribution in [-0.2, 0) is 10.0 Å². The maximum Gasteiger partial charge on any atom is 0.276 e. The largest absolute Gasteiger partial charge is 0.508 e. The first-order valence-electron chi connectivity index (χ1n) is 6.55. The van der Waals surface area contributed by atoms with Crippen LogP contribution >= 0.6 is 11.6 Å². The van der Waals surface area contributed by atoms with Gasteiger partial charge in [-0.05, 0) is 60.5 Å². The summed E-state index contributed by atoms with van der Waals surface area (Å²) in [5, 5.41) is 13.7. The van der Waals surface area contributed by atoms with Crippen molar-refractivity contribution in [3.63, 3.8) is 0 Å². The van der Waals surface area contributed by atoms with Crippen LogP contribution in [0.5, 0.6) is 5.75 Å². The van der Waals surface area contributed by atoms with Gasteiger partial charge in [-0.2, -0.15) is 18.4 Å². The maximum absolute atomic E-state index is 12.1. The van der Waals surface area contributed by atoms with E-state index in [2.05, 4.69) is 9.93 Å². The van der Waals surface area contributed by atoms with Gasteiger partial charge >= 0.3 is 0 Å². The highest BCUT2D eigenvalue weighted by molar-refractivity contribution is 7.89. The van der Waals surface area contributed by atoms with Crippen molar-refractivity contribution in [2.24, 2.45) is 5.10 Å². The van der Waals surface area contributed by atoms with Gasteiger partial charge in [0.1, 0.15) is 5.75 Å². The molecule has 0 aliphatic carbocycles. The Morgan fingerprint density at radius 3 is 2.27 bits per heavy atom. The summed E-state index contributed by atoms with van der Waals surface area (Å²) in [7, 11) is -3.74. The molecule has 0 amide bonds. The third-order valence-corrected chi connectivity index (χ3v) is 4.44. The lowest BCUT2D eigenvalue weighted by atomic mass is 10.1. The van der Waals surface area contributed by atoms with Crippen LogP contribution in [0, 0.1) is 0 Å². The lowest BCUT2D eigenvalue weighted by Gasteiger charge is -2.07. The molecule has 0 saturated carbocycles. The van der Waals surface area contributed by atoms with Gasteiger partial charge in [-0.25, -0.2) is 0 Å². The Kier molecular flexibility index (Phi) is 5.05. The normalized spacial score (nSPS) is 12.2. The van der Waals surface area contributed by atoms with Crippen molar-refractivity contribution in [3.8, 4) is 5.75 Å². The van der Waals surface area contributed by atoms with Crippen LogP contribution in [0.2, 0.25) is 5.02 Å². The van der Waals surface area contributed by atoms with Crippen LogP contribution < -0.4 is 4.83 Å². The number of nitrogens with one attached hydrogen (secondary N) is 1. The Bertz CT molecular complexity index is 769. The fraction of sp³-hybridized carbons (Fsp3) is 0.133. The predicted octanol–water partition coefficient (Wildman–Crippen LogP) is 3.14. The third-order valence-electron chi connectivity index (χ3n) is 2.96. The van der Waals surface area contributed by atoms with Gasteiger partial charge < -0.3 is 5.11 Å². The van der Waals surface area contributed by atoms with E-state index in [1.807, 2.05) is 6.92 Å². The van der Waals surface area contributed by atoms with Crippen molar-refractivity contribution < 1.29 is 13.5 Å². The smallest absolute Gasteiger partial charge is 0.276 e. The van der Waals surface area contributed by atoms with Gasteiger partial charge in [0.2, 0.25) is 0 Å². The van der Waals surface area contributed by atoms with Crippen LogP contribution in [0.3, 0.4) is 0 Å². The van der Waals surface area contributed by atoms with E-state index in [1.54, 1.807) is 12.1 Å². The topological polar surface area (TPSA) is 78.8 Å². The maximum atomic E-state index is 12.1. The number of rotatable bonds is 5. The molecule has 0 aliphatic rings. The molecule has 0 saturated heterocycles. The van der Waals surface area contributed by atoms with E-state index >= 15 is 0 Å². The molecule has 2 N–H and O–H groups in total. The number of halogens is 1. The summed E-state index contributed by atoms with van der Waals surface area (Å²) in [6.07, 6.45) is 0.536. The number of aromatic hydroxyl groups is 1. The molecule has 2 rings (SSSR count). The molecule has 22 heavy (non-hydrogen) atoms. The molecular formula is C15H15ClN2O3S. The van der Waals surface area contributed by atoms with E-state index in [-0.39, 0.29) is 10.6 Å². The zero-order valence-electron chi connectivity index (χ0n) is 11.8. The molecule has 2 aromatic rings. The lowest BCUT2D eigenvalue weighted by molar-refractivity contribution is 0.475. The van der Waals surface area contributed by atoms with Crippen molar-refractivity contribution in [1.29, 1.82) is 0 Å². The van der Waals surface area contributed by atoms with E-state index in [4.69, 9.17) is 11.6 Å². The summed E-state index contributed by atoms with van der Waals surface area (Å²) in [6, 6.07) is 12.2. The highest BCUT2D eigenvalue weighted by atomic mass is 35.5. The summed E-state index contributed by atoms with van der Waals surface area (Å²) in [4.78, 5) is 2.30. The monoisotopic (exact) mass is 338 g/mol. The molecule has 0 heterocycles. The number of hydrogen-bond donors (Lipinski definition) is 2. The second-order valence-corrected chi connectivity index (χ2v) is 6.60. The standard InChI is InChI=1S/C15H15ClN2O3S/c1-2-15(11-3-7-13(19)8-4-11)17-18-22(20,21)14-9-5-12(16)6-10-14/h3-10,18-19H,2H2,1H3/b17-15+. The van der Waals surface area contributed by atoms with Crippen LogP contribution in [0.1, 0.15) is 18.9 Å². The second kappa shape index (κ2) is 6.81. The van der Waals surface area contributed by atoms with Crippen molar-refractivity contribution in [2.45, 2.75) is 18.2 Å². The van der Waals surface area contributed by atoms with E-state index in [0.29, 0.717) is 17.2 Å². The molecule has 116 valence electrons. The number of nitrogens with zero attached hydrogens (tertiary/aromatic N) is 1. The summed E-state index contributed by atoms with van der Waals surface area (Å²) in [5.74, 6) is 0.140. The summed E-state index contributed by atoms with van der Waals surface area (Å²) >= 11 is 5.74. The van der Waals surface area contributed by atoms with Gasteiger partial charge in [0.25, 0.3) is 10.0 Å². The fourth-order valence-corrected chi connectivity index (χ4v) is 2.74. The highest BCUT2D eigenvalue weighted by Gasteiger charge is 2.13. The molecule has 0 bridgehead atoms. The average Bonchev–Trinajstić information content (AvgIpc) is 2.50. The first-order valence-corrected chi connectivity index (χ1v) is 8.42. The Labute approximate surface area is 134 Å². The number of hydrogen-bond acceptors (Lipinski definition) is 4. The molecule has 0 radical (unpaired) electrons. The van der Waals surface area contributed by atoms with Crippen molar-refractivity contribution in [2.75, 3.05) is 0 Å². The Morgan fingerprint density at radius 1 is 1.14 bits per heavy atom. The molecular weight excluding hydrogens is 324 g/mol. The molecule has 5 nitrogen and oxygen atoms in total.